The number of hydrogen-bond donors (Lipinski definition) is 0. The van der Waals surface area contributed by atoms with E-state index >= 15 is 0 Å². The normalized spacial score (nSPS) is 11.2. The maximum Gasteiger partial charge on any atom is 0.227 e. The molecule has 0 saturated carbocycles. The van der Waals surface area contributed by atoms with Crippen LogP contribution < -0.4 is 4.74 Å². The minimum Gasteiger partial charge on any atom is -0.438 e. The van der Waals surface area contributed by atoms with Crippen molar-refractivity contribution in [1.29, 1.82) is 0 Å². The van der Waals surface area contributed by atoms with E-state index in [9.17, 15) is 9.18 Å². The molecule has 0 aliphatic carbocycles. The lowest BCUT2D eigenvalue weighted by Gasteiger charge is -2.25. The molecule has 32 heavy (non-hydrogen) atoms. The molecule has 1 heterocycles. The monoisotopic (exact) mass is 437 g/mol. The summed E-state index contributed by atoms with van der Waals surface area (Å²) in [5.41, 5.74) is 2.54. The van der Waals surface area contributed by atoms with Gasteiger partial charge in [0.05, 0.1) is 23.5 Å². The fraction of sp³-hybridized carbons (Fsp3) is 0.385. The second kappa shape index (κ2) is 10.4. The molecule has 0 fully saturated rings. The summed E-state index contributed by atoms with van der Waals surface area (Å²) in [6.07, 6.45) is 0.850. The predicted octanol–water partition coefficient (Wildman–Crippen LogP) is 6.32. The van der Waals surface area contributed by atoms with Crippen molar-refractivity contribution in [2.24, 2.45) is 5.92 Å². The molecule has 0 aliphatic rings. The van der Waals surface area contributed by atoms with Crippen LogP contribution >= 0.6 is 0 Å². The number of carbonyl (C=O) groups is 1. The van der Waals surface area contributed by atoms with Crippen LogP contribution in [0.2, 0.25) is 0 Å². The van der Waals surface area contributed by atoms with E-state index in [0.29, 0.717) is 24.7 Å². The van der Waals surface area contributed by atoms with E-state index in [2.05, 4.69) is 20.8 Å². The number of para-hydroxylation sites is 1. The van der Waals surface area contributed by atoms with Crippen molar-refractivity contribution >= 4 is 5.91 Å². The highest BCUT2D eigenvalue weighted by Crippen LogP contribution is 2.35. The van der Waals surface area contributed by atoms with Gasteiger partial charge in [0.25, 0.3) is 0 Å². The molecule has 6 heteroatoms. The summed E-state index contributed by atoms with van der Waals surface area (Å²) in [7, 11) is 0. The molecule has 0 atom stereocenters. The Morgan fingerprint density at radius 2 is 1.81 bits per heavy atom. The van der Waals surface area contributed by atoms with Crippen molar-refractivity contribution in [3.63, 3.8) is 0 Å². The summed E-state index contributed by atoms with van der Waals surface area (Å²) in [5.74, 6) is 0.606. The Balaban J connectivity index is 2.16. The Morgan fingerprint density at radius 1 is 1.09 bits per heavy atom. The standard InChI is InChI=1S/C26H32FN3O2/c1-6-15-29(25(31)19(4)5)17-23-24(18(2)3)28-30(21-12-8-7-9-13-21)26(23)32-22-14-10-11-20(27)16-22/h7-14,16,18-19H,6,15,17H2,1-5H3. The van der Waals surface area contributed by atoms with E-state index in [0.717, 1.165) is 23.4 Å². The van der Waals surface area contributed by atoms with Crippen LogP contribution in [0.5, 0.6) is 11.6 Å². The molecular formula is C26H32FN3O2. The van der Waals surface area contributed by atoms with E-state index in [1.165, 1.54) is 12.1 Å². The number of rotatable bonds is 9. The van der Waals surface area contributed by atoms with Crippen molar-refractivity contribution < 1.29 is 13.9 Å². The topological polar surface area (TPSA) is 47.4 Å². The molecule has 0 spiro atoms. The van der Waals surface area contributed by atoms with E-state index in [1.54, 1.807) is 16.8 Å². The summed E-state index contributed by atoms with van der Waals surface area (Å²) >= 11 is 0. The number of nitrogens with zero attached hydrogens (tertiary/aromatic N) is 3. The zero-order valence-corrected chi connectivity index (χ0v) is 19.5. The zero-order valence-electron chi connectivity index (χ0n) is 19.5. The van der Waals surface area contributed by atoms with Crippen molar-refractivity contribution in [3.05, 3.63) is 71.7 Å². The van der Waals surface area contributed by atoms with Gasteiger partial charge in [0, 0.05) is 18.5 Å². The van der Waals surface area contributed by atoms with Crippen LogP contribution in [-0.2, 0) is 11.3 Å². The molecule has 5 nitrogen and oxygen atoms in total. The molecule has 0 N–H and O–H groups in total. The van der Waals surface area contributed by atoms with Gasteiger partial charge in [0.1, 0.15) is 11.6 Å². The maximum atomic E-state index is 13.9. The summed E-state index contributed by atoms with van der Waals surface area (Å²) < 4.78 is 21.9. The predicted molar refractivity (Wildman–Crippen MR) is 125 cm³/mol. The number of halogens is 1. The second-order valence-corrected chi connectivity index (χ2v) is 8.54. The third-order valence-electron chi connectivity index (χ3n) is 5.17. The number of benzene rings is 2. The Bertz CT molecular complexity index is 1040. The Labute approximate surface area is 189 Å². The fourth-order valence-corrected chi connectivity index (χ4v) is 3.65. The Morgan fingerprint density at radius 3 is 2.41 bits per heavy atom. The lowest BCUT2D eigenvalue weighted by Crippen LogP contribution is -2.34. The van der Waals surface area contributed by atoms with Gasteiger partial charge in [0.2, 0.25) is 11.8 Å². The third kappa shape index (κ3) is 5.36. The summed E-state index contributed by atoms with van der Waals surface area (Å²) in [6.45, 7) is 11.0. The van der Waals surface area contributed by atoms with Crippen molar-refractivity contribution in [2.75, 3.05) is 6.54 Å². The molecule has 1 aromatic heterocycles. The van der Waals surface area contributed by atoms with E-state index < -0.39 is 0 Å². The third-order valence-corrected chi connectivity index (χ3v) is 5.17. The minimum atomic E-state index is -0.374. The number of carbonyl (C=O) groups excluding carboxylic acids is 1. The highest BCUT2D eigenvalue weighted by Gasteiger charge is 2.27. The highest BCUT2D eigenvalue weighted by atomic mass is 19.1. The first kappa shape index (κ1) is 23.5. The molecular weight excluding hydrogens is 405 g/mol. The van der Waals surface area contributed by atoms with Gasteiger partial charge in [-0.15, -0.1) is 0 Å². The average molecular weight is 438 g/mol. The lowest BCUT2D eigenvalue weighted by molar-refractivity contribution is -0.135. The van der Waals surface area contributed by atoms with Crippen LogP contribution in [0.1, 0.15) is 58.2 Å². The van der Waals surface area contributed by atoms with Gasteiger partial charge in [-0.2, -0.15) is 5.10 Å². The zero-order chi connectivity index (χ0) is 23.3. The number of ether oxygens (including phenoxy) is 1. The van der Waals surface area contributed by atoms with Crippen LogP contribution in [0, 0.1) is 11.7 Å². The van der Waals surface area contributed by atoms with E-state index in [-0.39, 0.29) is 23.6 Å². The average Bonchev–Trinajstić information content (AvgIpc) is 3.11. The van der Waals surface area contributed by atoms with Crippen LogP contribution in [0.25, 0.3) is 5.69 Å². The van der Waals surface area contributed by atoms with Gasteiger partial charge in [-0.1, -0.05) is 58.9 Å². The number of hydrogen-bond acceptors (Lipinski definition) is 3. The first-order valence-corrected chi connectivity index (χ1v) is 11.2. The van der Waals surface area contributed by atoms with Gasteiger partial charge in [-0.3, -0.25) is 4.79 Å². The quantitative estimate of drug-likeness (QED) is 0.393. The number of amides is 1. The summed E-state index contributed by atoms with van der Waals surface area (Å²) in [5, 5.41) is 4.88. The molecule has 0 aliphatic heterocycles. The van der Waals surface area contributed by atoms with Gasteiger partial charge in [0.15, 0.2) is 0 Å². The molecule has 170 valence electrons. The first-order valence-electron chi connectivity index (χ1n) is 11.2. The maximum absolute atomic E-state index is 13.9. The Hall–Kier alpha value is -3.15. The Kier molecular flexibility index (Phi) is 7.67. The fourth-order valence-electron chi connectivity index (χ4n) is 3.65. The molecule has 3 rings (SSSR count). The van der Waals surface area contributed by atoms with E-state index in [1.807, 2.05) is 49.1 Å². The summed E-state index contributed by atoms with van der Waals surface area (Å²) in [4.78, 5) is 14.8. The van der Waals surface area contributed by atoms with Crippen LogP contribution in [0.3, 0.4) is 0 Å². The molecule has 3 aromatic rings. The van der Waals surface area contributed by atoms with Gasteiger partial charge in [-0.05, 0) is 36.6 Å². The molecule has 0 unspecified atom stereocenters. The molecule has 2 aromatic carbocycles. The van der Waals surface area contributed by atoms with Gasteiger partial charge >= 0.3 is 0 Å². The van der Waals surface area contributed by atoms with Crippen LogP contribution in [0.4, 0.5) is 4.39 Å². The first-order chi connectivity index (χ1) is 15.3. The summed E-state index contributed by atoms with van der Waals surface area (Å²) in [6, 6.07) is 15.8. The number of aromatic nitrogens is 2. The molecule has 0 saturated heterocycles. The van der Waals surface area contributed by atoms with Crippen molar-refractivity contribution in [2.45, 2.75) is 53.5 Å². The van der Waals surface area contributed by atoms with Crippen LogP contribution in [0.15, 0.2) is 54.6 Å². The smallest absolute Gasteiger partial charge is 0.227 e. The van der Waals surface area contributed by atoms with E-state index in [4.69, 9.17) is 9.84 Å². The van der Waals surface area contributed by atoms with Crippen LogP contribution in [-0.4, -0.2) is 27.1 Å². The van der Waals surface area contributed by atoms with Gasteiger partial charge < -0.3 is 9.64 Å². The van der Waals surface area contributed by atoms with Crippen molar-refractivity contribution in [1.82, 2.24) is 14.7 Å². The molecule has 0 radical (unpaired) electrons. The second-order valence-electron chi connectivity index (χ2n) is 8.54. The SMILES string of the molecule is CCCN(Cc1c(C(C)C)nn(-c2ccccc2)c1Oc1cccc(F)c1)C(=O)C(C)C. The lowest BCUT2D eigenvalue weighted by atomic mass is 10.0. The van der Waals surface area contributed by atoms with Crippen molar-refractivity contribution in [3.8, 4) is 17.3 Å². The molecule has 1 amide bonds. The molecule has 0 bridgehead atoms. The van der Waals surface area contributed by atoms with Gasteiger partial charge in [-0.25, -0.2) is 9.07 Å². The minimum absolute atomic E-state index is 0.0886. The highest BCUT2D eigenvalue weighted by molar-refractivity contribution is 5.78. The largest absolute Gasteiger partial charge is 0.438 e.